The van der Waals surface area contributed by atoms with Crippen molar-refractivity contribution in [1.82, 2.24) is 4.90 Å². The molecule has 1 N–H and O–H groups in total. The number of amides is 2. The van der Waals surface area contributed by atoms with Crippen molar-refractivity contribution in [2.24, 2.45) is 0 Å². The Hall–Kier alpha value is -1.34. The van der Waals surface area contributed by atoms with Gasteiger partial charge in [-0.3, -0.25) is 0 Å². The highest BCUT2D eigenvalue weighted by molar-refractivity contribution is 7.98. The lowest BCUT2D eigenvalue weighted by atomic mass is 10.1. The molecular weight excluding hydrogens is 310 g/mol. The number of carbonyl (C=O) groups is 1. The third-order valence-electron chi connectivity index (χ3n) is 4.20. The number of fused-ring (bicyclic) bond motifs is 1. The lowest BCUT2D eigenvalue weighted by molar-refractivity contribution is -0.0362. The molecule has 0 aromatic heterocycles. The molecular formula is C15H18F2N2O2S. The number of benzene rings is 1. The fraction of sp³-hybridized carbons (Fsp3) is 0.533. The second kappa shape index (κ2) is 6.42. The van der Waals surface area contributed by atoms with Gasteiger partial charge in [0.25, 0.3) is 0 Å². The smallest absolute Gasteiger partial charge is 0.322 e. The van der Waals surface area contributed by atoms with Crippen molar-refractivity contribution >= 4 is 23.5 Å². The predicted octanol–water partition coefficient (Wildman–Crippen LogP) is 3.47. The maximum absolute atomic E-state index is 13.8. The molecule has 22 heavy (non-hydrogen) atoms. The highest BCUT2D eigenvalue weighted by Gasteiger charge is 2.38. The quantitative estimate of drug-likeness (QED) is 0.845. The van der Waals surface area contributed by atoms with E-state index in [9.17, 15) is 13.6 Å². The van der Waals surface area contributed by atoms with Gasteiger partial charge in [0.15, 0.2) is 0 Å². The molecule has 1 saturated carbocycles. The Labute approximate surface area is 132 Å². The van der Waals surface area contributed by atoms with Crippen LogP contribution in [0.3, 0.4) is 0 Å². The monoisotopic (exact) mass is 328 g/mol. The minimum Gasteiger partial charge on any atom is -0.374 e. The molecule has 7 heteroatoms. The van der Waals surface area contributed by atoms with Gasteiger partial charge in [0.1, 0.15) is 11.6 Å². The van der Waals surface area contributed by atoms with E-state index in [0.29, 0.717) is 13.2 Å². The van der Waals surface area contributed by atoms with Crippen LogP contribution >= 0.6 is 11.8 Å². The lowest BCUT2D eigenvalue weighted by Gasteiger charge is -2.37. The number of hydrogen-bond donors (Lipinski definition) is 1. The number of anilines is 1. The maximum Gasteiger partial charge on any atom is 0.322 e. The SMILES string of the molecule is CSc1c(F)cc(NC(=O)N2CCO[C@@H]3CCC[C@@H]32)cc1F. The highest BCUT2D eigenvalue weighted by Crippen LogP contribution is 2.31. The van der Waals surface area contributed by atoms with Crippen molar-refractivity contribution in [2.75, 3.05) is 24.7 Å². The van der Waals surface area contributed by atoms with Gasteiger partial charge in [0.2, 0.25) is 0 Å². The molecule has 2 atom stereocenters. The first-order valence-corrected chi connectivity index (χ1v) is 8.55. The lowest BCUT2D eigenvalue weighted by Crippen LogP contribution is -2.52. The number of thioether (sulfide) groups is 1. The number of nitrogens with one attached hydrogen (secondary N) is 1. The third kappa shape index (κ3) is 2.92. The van der Waals surface area contributed by atoms with Crippen LogP contribution in [-0.2, 0) is 4.74 Å². The molecule has 1 aliphatic heterocycles. The van der Waals surface area contributed by atoms with E-state index in [4.69, 9.17) is 4.74 Å². The van der Waals surface area contributed by atoms with Crippen LogP contribution in [0.4, 0.5) is 19.3 Å². The van der Waals surface area contributed by atoms with Crippen molar-refractivity contribution in [2.45, 2.75) is 36.3 Å². The Bertz CT molecular complexity index is 562. The molecule has 4 nitrogen and oxygen atoms in total. The number of rotatable bonds is 2. The highest BCUT2D eigenvalue weighted by atomic mass is 32.2. The standard InChI is InChI=1S/C15H18F2N2O2S/c1-22-14-10(16)7-9(8-11(14)17)18-15(20)19-5-6-21-13-4-2-3-12(13)19/h7-8,12-13H,2-6H2,1H3,(H,18,20)/t12-,13+/m0/s1. The molecule has 2 aliphatic rings. The fourth-order valence-corrected chi connectivity index (χ4v) is 3.71. The zero-order valence-electron chi connectivity index (χ0n) is 12.3. The average Bonchev–Trinajstić information content (AvgIpc) is 2.95. The van der Waals surface area contributed by atoms with Gasteiger partial charge in [-0.1, -0.05) is 0 Å². The second-order valence-electron chi connectivity index (χ2n) is 5.50. The number of morpholine rings is 1. The molecule has 0 unspecified atom stereocenters. The maximum atomic E-state index is 13.8. The summed E-state index contributed by atoms with van der Waals surface area (Å²) in [6.07, 6.45) is 4.59. The normalized spacial score (nSPS) is 24.2. The number of urea groups is 1. The Morgan fingerprint density at radius 2 is 2.09 bits per heavy atom. The summed E-state index contributed by atoms with van der Waals surface area (Å²) in [6, 6.07) is 2.04. The summed E-state index contributed by atoms with van der Waals surface area (Å²) in [7, 11) is 0. The van der Waals surface area contributed by atoms with Gasteiger partial charge in [0, 0.05) is 12.2 Å². The minimum atomic E-state index is -0.663. The Balaban J connectivity index is 1.74. The topological polar surface area (TPSA) is 41.6 Å². The first kappa shape index (κ1) is 15.6. The molecule has 1 aromatic carbocycles. The third-order valence-corrected chi connectivity index (χ3v) is 4.99. The van der Waals surface area contributed by atoms with Crippen molar-refractivity contribution in [1.29, 1.82) is 0 Å². The van der Waals surface area contributed by atoms with E-state index in [1.807, 2.05) is 0 Å². The molecule has 0 bridgehead atoms. The van der Waals surface area contributed by atoms with Gasteiger partial charge in [-0.15, -0.1) is 11.8 Å². The number of hydrogen-bond acceptors (Lipinski definition) is 3. The Morgan fingerprint density at radius 1 is 1.36 bits per heavy atom. The van der Waals surface area contributed by atoms with Crippen LogP contribution in [0, 0.1) is 11.6 Å². The predicted molar refractivity (Wildman–Crippen MR) is 81.2 cm³/mol. The minimum absolute atomic E-state index is 0.0415. The van der Waals surface area contributed by atoms with Crippen molar-refractivity contribution in [3.63, 3.8) is 0 Å². The second-order valence-corrected chi connectivity index (χ2v) is 6.32. The summed E-state index contributed by atoms with van der Waals surface area (Å²) in [5.74, 6) is -1.33. The van der Waals surface area contributed by atoms with Crippen LogP contribution < -0.4 is 5.32 Å². The van der Waals surface area contributed by atoms with Gasteiger partial charge in [-0.25, -0.2) is 13.6 Å². The van der Waals surface area contributed by atoms with Crippen molar-refractivity contribution < 1.29 is 18.3 Å². The van der Waals surface area contributed by atoms with E-state index < -0.39 is 11.6 Å². The number of carbonyl (C=O) groups excluding carboxylic acids is 1. The molecule has 2 fully saturated rings. The average molecular weight is 328 g/mol. The Kier molecular flexibility index (Phi) is 4.54. The van der Waals surface area contributed by atoms with Crippen molar-refractivity contribution in [3.05, 3.63) is 23.8 Å². The molecule has 1 saturated heterocycles. The zero-order chi connectivity index (χ0) is 15.7. The number of nitrogens with zero attached hydrogens (tertiary/aromatic N) is 1. The van der Waals surface area contributed by atoms with Gasteiger partial charge in [-0.05, 0) is 37.7 Å². The van der Waals surface area contributed by atoms with Gasteiger partial charge >= 0.3 is 6.03 Å². The molecule has 2 amide bonds. The molecule has 1 aromatic rings. The summed E-state index contributed by atoms with van der Waals surface area (Å²) >= 11 is 1.00. The van der Waals surface area contributed by atoms with Crippen LogP contribution in [0.25, 0.3) is 0 Å². The summed E-state index contributed by atoms with van der Waals surface area (Å²) in [5, 5.41) is 2.60. The van der Waals surface area contributed by atoms with Crippen molar-refractivity contribution in [3.8, 4) is 0 Å². The molecule has 0 radical (unpaired) electrons. The van der Waals surface area contributed by atoms with Crippen LogP contribution in [-0.4, -0.2) is 42.5 Å². The molecule has 3 rings (SSSR count). The number of ether oxygens (including phenoxy) is 1. The Morgan fingerprint density at radius 3 is 2.77 bits per heavy atom. The van der Waals surface area contributed by atoms with E-state index in [2.05, 4.69) is 5.32 Å². The van der Waals surface area contributed by atoms with Crippen LogP contribution in [0.5, 0.6) is 0 Å². The number of halogens is 2. The molecule has 120 valence electrons. The summed E-state index contributed by atoms with van der Waals surface area (Å²) in [6.45, 7) is 1.00. The van der Waals surface area contributed by atoms with Gasteiger partial charge in [-0.2, -0.15) is 0 Å². The van der Waals surface area contributed by atoms with E-state index in [1.165, 1.54) is 0 Å². The van der Waals surface area contributed by atoms with Crippen LogP contribution in [0.2, 0.25) is 0 Å². The fourth-order valence-electron chi connectivity index (χ4n) is 3.20. The van der Waals surface area contributed by atoms with E-state index in [0.717, 1.165) is 43.2 Å². The van der Waals surface area contributed by atoms with E-state index in [1.54, 1.807) is 11.2 Å². The van der Waals surface area contributed by atoms with Crippen LogP contribution in [0.1, 0.15) is 19.3 Å². The van der Waals surface area contributed by atoms with E-state index >= 15 is 0 Å². The molecule has 0 spiro atoms. The molecule has 1 heterocycles. The first-order valence-electron chi connectivity index (χ1n) is 7.32. The summed E-state index contributed by atoms with van der Waals surface area (Å²) < 4.78 is 33.2. The van der Waals surface area contributed by atoms with Gasteiger partial charge in [0.05, 0.1) is 23.6 Å². The zero-order valence-corrected chi connectivity index (χ0v) is 13.1. The van der Waals surface area contributed by atoms with E-state index in [-0.39, 0.29) is 28.8 Å². The largest absolute Gasteiger partial charge is 0.374 e. The first-order chi connectivity index (χ1) is 10.6. The summed E-state index contributed by atoms with van der Waals surface area (Å²) in [4.78, 5) is 14.1. The summed E-state index contributed by atoms with van der Waals surface area (Å²) in [5.41, 5.74) is 0.138. The molecule has 1 aliphatic carbocycles. The van der Waals surface area contributed by atoms with Crippen LogP contribution in [0.15, 0.2) is 17.0 Å². The van der Waals surface area contributed by atoms with Gasteiger partial charge < -0.3 is 15.0 Å².